The first kappa shape index (κ1) is 8.22. The van der Waals surface area contributed by atoms with Crippen LogP contribution in [0.4, 0.5) is 5.95 Å². The molecule has 1 fully saturated rings. The maximum atomic E-state index is 11.5. The van der Waals surface area contributed by atoms with Crippen molar-refractivity contribution < 1.29 is 4.79 Å². The molecule has 1 aliphatic rings. The Bertz CT molecular complexity index is 317. The molecule has 1 heterocycles. The zero-order valence-corrected chi connectivity index (χ0v) is 7.66. The lowest BCUT2D eigenvalue weighted by atomic mass is 10.1. The van der Waals surface area contributed by atoms with Crippen LogP contribution in [-0.4, -0.2) is 21.1 Å². The lowest BCUT2D eigenvalue weighted by Crippen LogP contribution is -2.17. The van der Waals surface area contributed by atoms with E-state index >= 15 is 0 Å². The van der Waals surface area contributed by atoms with E-state index in [9.17, 15) is 4.79 Å². The van der Waals surface area contributed by atoms with Gasteiger partial charge in [0.2, 0.25) is 11.9 Å². The largest absolute Gasteiger partial charge is 0.295 e. The zero-order valence-electron chi connectivity index (χ0n) is 7.66. The Balaban J connectivity index is 1.94. The number of aromatic amines is 1. The Kier molecular flexibility index (Phi) is 1.61. The monoisotopic (exact) mass is 180 g/mol. The number of hydrogen-bond acceptors (Lipinski definition) is 3. The maximum Gasteiger partial charge on any atom is 0.230 e. The van der Waals surface area contributed by atoms with E-state index in [-0.39, 0.29) is 17.2 Å². The van der Waals surface area contributed by atoms with Gasteiger partial charge in [0.25, 0.3) is 0 Å². The fourth-order valence-electron chi connectivity index (χ4n) is 1.38. The smallest absolute Gasteiger partial charge is 0.230 e. The number of anilines is 1. The number of hydrogen-bond donors (Lipinski definition) is 2. The van der Waals surface area contributed by atoms with E-state index in [1.54, 1.807) is 0 Å². The minimum atomic E-state index is 0.0294. The first-order chi connectivity index (χ1) is 6.09. The van der Waals surface area contributed by atoms with Crippen LogP contribution < -0.4 is 5.32 Å². The molecule has 0 aliphatic heterocycles. The van der Waals surface area contributed by atoms with Crippen molar-refractivity contribution in [1.82, 2.24) is 15.2 Å². The Morgan fingerprint density at radius 3 is 2.92 bits per heavy atom. The molecule has 1 aromatic heterocycles. The molecule has 1 atom stereocenters. The third kappa shape index (κ3) is 1.54. The molecule has 5 nitrogen and oxygen atoms in total. The van der Waals surface area contributed by atoms with Gasteiger partial charge < -0.3 is 0 Å². The summed E-state index contributed by atoms with van der Waals surface area (Å²) in [6, 6.07) is 0. The molecule has 13 heavy (non-hydrogen) atoms. The van der Waals surface area contributed by atoms with Crippen molar-refractivity contribution in [3.05, 3.63) is 6.33 Å². The van der Waals surface area contributed by atoms with Crippen molar-refractivity contribution in [3.63, 3.8) is 0 Å². The van der Waals surface area contributed by atoms with E-state index < -0.39 is 0 Å². The molecule has 0 bridgehead atoms. The molecule has 0 saturated heterocycles. The van der Waals surface area contributed by atoms with Crippen LogP contribution in [0.25, 0.3) is 0 Å². The van der Waals surface area contributed by atoms with Crippen LogP contribution in [0, 0.1) is 11.3 Å². The summed E-state index contributed by atoms with van der Waals surface area (Å²) in [4.78, 5) is 15.3. The summed E-state index contributed by atoms with van der Waals surface area (Å²) in [6.07, 6.45) is 2.32. The predicted octanol–water partition coefficient (Wildman–Crippen LogP) is 0.789. The number of carbonyl (C=O) groups excluding carboxylic acids is 1. The molecule has 0 spiro atoms. The predicted molar refractivity (Wildman–Crippen MR) is 46.9 cm³/mol. The number of nitrogens with one attached hydrogen (secondary N) is 2. The highest BCUT2D eigenvalue weighted by molar-refractivity contribution is 5.93. The molecule has 1 aromatic rings. The van der Waals surface area contributed by atoms with E-state index in [2.05, 4.69) is 34.3 Å². The highest BCUT2D eigenvalue weighted by atomic mass is 16.2. The Labute approximate surface area is 75.9 Å². The van der Waals surface area contributed by atoms with Gasteiger partial charge in [-0.2, -0.15) is 10.1 Å². The summed E-state index contributed by atoms with van der Waals surface area (Å²) in [6.45, 7) is 4.16. The number of amides is 1. The molecule has 1 unspecified atom stereocenters. The number of H-pyrrole nitrogens is 1. The van der Waals surface area contributed by atoms with E-state index in [0.717, 1.165) is 6.42 Å². The Morgan fingerprint density at radius 1 is 1.77 bits per heavy atom. The SMILES string of the molecule is CC1(C)CC1C(=O)Nc1ncn[nH]1. The number of carbonyl (C=O) groups is 1. The third-order valence-electron chi connectivity index (χ3n) is 2.49. The van der Waals surface area contributed by atoms with Gasteiger partial charge in [-0.3, -0.25) is 10.1 Å². The van der Waals surface area contributed by atoms with Crippen LogP contribution in [0.2, 0.25) is 0 Å². The van der Waals surface area contributed by atoms with Crippen LogP contribution in [-0.2, 0) is 4.79 Å². The molecule has 0 aromatic carbocycles. The molecular weight excluding hydrogens is 168 g/mol. The molecule has 1 aliphatic carbocycles. The van der Waals surface area contributed by atoms with Gasteiger partial charge in [-0.1, -0.05) is 13.8 Å². The Hall–Kier alpha value is -1.39. The second-order valence-electron chi connectivity index (χ2n) is 4.07. The average molecular weight is 180 g/mol. The summed E-state index contributed by atoms with van der Waals surface area (Å²) in [7, 11) is 0. The number of rotatable bonds is 2. The van der Waals surface area contributed by atoms with Gasteiger partial charge in [0, 0.05) is 5.92 Å². The van der Waals surface area contributed by atoms with Gasteiger partial charge in [0.1, 0.15) is 6.33 Å². The van der Waals surface area contributed by atoms with Crippen molar-refractivity contribution in [1.29, 1.82) is 0 Å². The van der Waals surface area contributed by atoms with Crippen molar-refractivity contribution in [2.75, 3.05) is 5.32 Å². The second kappa shape index (κ2) is 2.55. The third-order valence-corrected chi connectivity index (χ3v) is 2.49. The molecule has 1 saturated carbocycles. The molecular formula is C8H12N4O. The van der Waals surface area contributed by atoms with Crippen molar-refractivity contribution >= 4 is 11.9 Å². The molecule has 70 valence electrons. The summed E-state index contributed by atoms with van der Waals surface area (Å²) in [5.41, 5.74) is 0.157. The normalized spacial score (nSPS) is 24.0. The molecule has 0 radical (unpaired) electrons. The molecule has 2 N–H and O–H groups in total. The lowest BCUT2D eigenvalue weighted by molar-refractivity contribution is -0.118. The summed E-state index contributed by atoms with van der Waals surface area (Å²) in [5, 5.41) is 8.90. The van der Waals surface area contributed by atoms with Crippen LogP contribution in [0.5, 0.6) is 0 Å². The van der Waals surface area contributed by atoms with Gasteiger partial charge in [-0.05, 0) is 11.8 Å². The first-order valence-corrected chi connectivity index (χ1v) is 4.26. The topological polar surface area (TPSA) is 70.7 Å². The second-order valence-corrected chi connectivity index (χ2v) is 4.07. The van der Waals surface area contributed by atoms with Crippen LogP contribution in [0.1, 0.15) is 20.3 Å². The minimum absolute atomic E-state index is 0.0294. The van der Waals surface area contributed by atoms with Gasteiger partial charge in [0.15, 0.2) is 0 Å². The van der Waals surface area contributed by atoms with Gasteiger partial charge in [0.05, 0.1) is 0 Å². The fourth-order valence-corrected chi connectivity index (χ4v) is 1.38. The van der Waals surface area contributed by atoms with Crippen LogP contribution in [0.3, 0.4) is 0 Å². The lowest BCUT2D eigenvalue weighted by Gasteiger charge is -2.02. The number of nitrogens with zero attached hydrogens (tertiary/aromatic N) is 2. The van der Waals surface area contributed by atoms with Gasteiger partial charge >= 0.3 is 0 Å². The fraction of sp³-hybridized carbons (Fsp3) is 0.625. The molecule has 1 amide bonds. The van der Waals surface area contributed by atoms with Gasteiger partial charge in [-0.25, -0.2) is 5.10 Å². The van der Waals surface area contributed by atoms with E-state index in [1.165, 1.54) is 6.33 Å². The summed E-state index contributed by atoms with van der Waals surface area (Å²) < 4.78 is 0. The maximum absolute atomic E-state index is 11.5. The van der Waals surface area contributed by atoms with E-state index in [4.69, 9.17) is 0 Å². The zero-order chi connectivity index (χ0) is 9.47. The standard InChI is InChI=1S/C8H12N4O/c1-8(2)3-5(8)6(13)11-7-9-4-10-12-7/h4-5H,3H2,1-2H3,(H2,9,10,11,12,13). The van der Waals surface area contributed by atoms with Gasteiger partial charge in [-0.15, -0.1) is 0 Å². The van der Waals surface area contributed by atoms with Crippen molar-refractivity contribution in [2.45, 2.75) is 20.3 Å². The number of aromatic nitrogens is 3. The quantitative estimate of drug-likeness (QED) is 0.706. The Morgan fingerprint density at radius 2 is 2.46 bits per heavy atom. The molecule has 5 heteroatoms. The molecule has 2 rings (SSSR count). The minimum Gasteiger partial charge on any atom is -0.295 e. The highest BCUT2D eigenvalue weighted by Gasteiger charge is 2.50. The van der Waals surface area contributed by atoms with E-state index in [0.29, 0.717) is 5.95 Å². The summed E-state index contributed by atoms with van der Waals surface area (Å²) >= 11 is 0. The highest BCUT2D eigenvalue weighted by Crippen LogP contribution is 2.51. The van der Waals surface area contributed by atoms with Crippen LogP contribution >= 0.6 is 0 Å². The first-order valence-electron chi connectivity index (χ1n) is 4.26. The average Bonchev–Trinajstić information content (AvgIpc) is 2.49. The van der Waals surface area contributed by atoms with Crippen LogP contribution in [0.15, 0.2) is 6.33 Å². The summed E-state index contributed by atoms with van der Waals surface area (Å²) in [5.74, 6) is 0.576. The van der Waals surface area contributed by atoms with Crippen molar-refractivity contribution in [3.8, 4) is 0 Å². The van der Waals surface area contributed by atoms with E-state index in [1.807, 2.05) is 0 Å². The van der Waals surface area contributed by atoms with Crippen molar-refractivity contribution in [2.24, 2.45) is 11.3 Å².